The van der Waals surface area contributed by atoms with Crippen molar-refractivity contribution < 1.29 is 15.0 Å². The summed E-state index contributed by atoms with van der Waals surface area (Å²) in [6.45, 7) is 0. The van der Waals surface area contributed by atoms with Crippen molar-refractivity contribution >= 4 is 22.6 Å². The lowest BCUT2D eigenvalue weighted by molar-refractivity contribution is 0.0698. The number of anilines is 1. The normalized spacial score (nSPS) is 10.4. The van der Waals surface area contributed by atoms with Gasteiger partial charge < -0.3 is 15.9 Å². The highest BCUT2D eigenvalue weighted by molar-refractivity contribution is 6.03. The van der Waals surface area contributed by atoms with Gasteiger partial charge in [0.2, 0.25) is 0 Å². The Morgan fingerprint density at radius 3 is 2.80 bits per heavy atom. The molecule has 2 aromatic rings. The predicted octanol–water partition coefficient (Wildman–Crippen LogP) is 1.22. The number of nitrogen functional groups attached to an aromatic ring is 1. The van der Waals surface area contributed by atoms with Crippen LogP contribution >= 0.6 is 0 Å². The first-order chi connectivity index (χ1) is 7.09. The Balaban J connectivity index is 2.82. The summed E-state index contributed by atoms with van der Waals surface area (Å²) < 4.78 is 0. The Morgan fingerprint density at radius 1 is 1.40 bits per heavy atom. The van der Waals surface area contributed by atoms with Crippen molar-refractivity contribution in [3.63, 3.8) is 0 Å². The number of aromatic hydroxyl groups is 1. The number of pyridine rings is 1. The number of fused-ring (bicyclic) bond motifs is 1. The third kappa shape index (κ3) is 1.43. The molecule has 0 bridgehead atoms. The number of rotatable bonds is 1. The number of phenolic OH excluding ortho intramolecular Hbond substituents is 1. The van der Waals surface area contributed by atoms with Crippen LogP contribution in [0.1, 0.15) is 10.4 Å². The van der Waals surface area contributed by atoms with Gasteiger partial charge >= 0.3 is 5.97 Å². The average Bonchev–Trinajstić information content (AvgIpc) is 2.19. The molecule has 1 heterocycles. The Kier molecular flexibility index (Phi) is 1.93. The standard InChI is InChI=1S/C10H8N2O3/c11-9-6-3-5(13)1-2-8(6)12-4-7(9)10(14)15/h1-4,13H,(H2,11,12)(H,14,15). The number of carboxylic acids is 1. The minimum absolute atomic E-state index is 0.0264. The minimum Gasteiger partial charge on any atom is -0.508 e. The predicted molar refractivity (Wildman–Crippen MR) is 54.8 cm³/mol. The van der Waals surface area contributed by atoms with Gasteiger partial charge in [0.25, 0.3) is 0 Å². The Bertz CT molecular complexity index is 552. The highest BCUT2D eigenvalue weighted by atomic mass is 16.4. The summed E-state index contributed by atoms with van der Waals surface area (Å²) in [5, 5.41) is 18.5. The molecule has 15 heavy (non-hydrogen) atoms. The van der Waals surface area contributed by atoms with Crippen LogP contribution < -0.4 is 5.73 Å². The zero-order chi connectivity index (χ0) is 11.0. The van der Waals surface area contributed by atoms with Crippen LogP contribution in [-0.4, -0.2) is 21.2 Å². The maximum atomic E-state index is 10.8. The molecule has 0 saturated heterocycles. The molecule has 1 aromatic carbocycles. The molecule has 5 nitrogen and oxygen atoms in total. The van der Waals surface area contributed by atoms with Crippen LogP contribution in [0.15, 0.2) is 24.4 Å². The molecule has 0 radical (unpaired) electrons. The molecule has 1 aromatic heterocycles. The molecule has 4 N–H and O–H groups in total. The van der Waals surface area contributed by atoms with Gasteiger partial charge in [0, 0.05) is 11.6 Å². The number of aromatic carboxylic acids is 1. The second-order valence-corrected chi connectivity index (χ2v) is 3.09. The van der Waals surface area contributed by atoms with Crippen LogP contribution in [0.2, 0.25) is 0 Å². The number of carbonyl (C=O) groups is 1. The second kappa shape index (κ2) is 3.13. The number of hydrogen-bond donors (Lipinski definition) is 3. The van der Waals surface area contributed by atoms with Crippen molar-refractivity contribution in [3.05, 3.63) is 30.0 Å². The first-order valence-electron chi connectivity index (χ1n) is 4.20. The molecule has 5 heteroatoms. The summed E-state index contributed by atoms with van der Waals surface area (Å²) in [5.41, 5.74) is 6.26. The monoisotopic (exact) mass is 204 g/mol. The average molecular weight is 204 g/mol. The van der Waals surface area contributed by atoms with Crippen molar-refractivity contribution in [1.82, 2.24) is 4.98 Å². The smallest absolute Gasteiger partial charge is 0.339 e. The summed E-state index contributed by atoms with van der Waals surface area (Å²) in [6, 6.07) is 4.44. The number of aromatic nitrogens is 1. The lowest BCUT2D eigenvalue weighted by Gasteiger charge is -2.04. The summed E-state index contributed by atoms with van der Waals surface area (Å²) in [4.78, 5) is 14.7. The maximum absolute atomic E-state index is 10.8. The summed E-state index contributed by atoms with van der Waals surface area (Å²) in [6.07, 6.45) is 1.21. The molecule has 0 saturated carbocycles. The molecule has 0 fully saturated rings. The molecule has 0 atom stereocenters. The van der Waals surface area contributed by atoms with E-state index in [1.807, 2.05) is 0 Å². The van der Waals surface area contributed by atoms with Crippen LogP contribution in [0, 0.1) is 0 Å². The van der Waals surface area contributed by atoms with Crippen LogP contribution in [0.5, 0.6) is 5.75 Å². The maximum Gasteiger partial charge on any atom is 0.339 e. The molecule has 0 spiro atoms. The van der Waals surface area contributed by atoms with Gasteiger partial charge in [-0.25, -0.2) is 4.79 Å². The first kappa shape index (κ1) is 9.26. The van der Waals surface area contributed by atoms with Crippen LogP contribution in [-0.2, 0) is 0 Å². The van der Waals surface area contributed by atoms with E-state index in [-0.39, 0.29) is 17.0 Å². The third-order valence-electron chi connectivity index (χ3n) is 2.12. The molecular weight excluding hydrogens is 196 g/mol. The summed E-state index contributed by atoms with van der Waals surface area (Å²) >= 11 is 0. The fraction of sp³-hybridized carbons (Fsp3) is 0. The van der Waals surface area contributed by atoms with E-state index in [9.17, 15) is 9.90 Å². The van der Waals surface area contributed by atoms with Gasteiger partial charge in [0.1, 0.15) is 11.3 Å². The van der Waals surface area contributed by atoms with E-state index in [2.05, 4.69) is 4.98 Å². The van der Waals surface area contributed by atoms with E-state index in [1.165, 1.54) is 18.3 Å². The molecule has 0 amide bonds. The van der Waals surface area contributed by atoms with E-state index in [4.69, 9.17) is 10.8 Å². The van der Waals surface area contributed by atoms with Crippen molar-refractivity contribution in [2.24, 2.45) is 0 Å². The summed E-state index contributed by atoms with van der Waals surface area (Å²) in [5.74, 6) is -1.11. The number of benzene rings is 1. The molecule has 0 aliphatic carbocycles. The topological polar surface area (TPSA) is 96.4 Å². The molecule has 0 aliphatic heterocycles. The van der Waals surface area contributed by atoms with Crippen LogP contribution in [0.3, 0.4) is 0 Å². The fourth-order valence-corrected chi connectivity index (χ4v) is 1.37. The van der Waals surface area contributed by atoms with E-state index >= 15 is 0 Å². The molecule has 0 aliphatic rings. The zero-order valence-electron chi connectivity index (χ0n) is 7.64. The fourth-order valence-electron chi connectivity index (χ4n) is 1.37. The lowest BCUT2D eigenvalue weighted by atomic mass is 10.1. The van der Waals surface area contributed by atoms with Gasteiger partial charge in [-0.1, -0.05) is 0 Å². The van der Waals surface area contributed by atoms with E-state index in [1.54, 1.807) is 6.07 Å². The van der Waals surface area contributed by atoms with Crippen LogP contribution in [0.25, 0.3) is 10.9 Å². The Labute approximate surface area is 84.8 Å². The van der Waals surface area contributed by atoms with Gasteiger partial charge in [0.05, 0.1) is 11.2 Å². The number of nitrogens with zero attached hydrogens (tertiary/aromatic N) is 1. The first-order valence-corrected chi connectivity index (χ1v) is 4.20. The second-order valence-electron chi connectivity index (χ2n) is 3.09. The van der Waals surface area contributed by atoms with Gasteiger partial charge in [-0.05, 0) is 18.2 Å². The molecule has 0 unspecified atom stereocenters. The molecule has 2 rings (SSSR count). The van der Waals surface area contributed by atoms with E-state index in [0.29, 0.717) is 10.9 Å². The lowest BCUT2D eigenvalue weighted by Crippen LogP contribution is -2.03. The molecule has 76 valence electrons. The van der Waals surface area contributed by atoms with E-state index < -0.39 is 5.97 Å². The Morgan fingerprint density at radius 2 is 2.13 bits per heavy atom. The zero-order valence-corrected chi connectivity index (χ0v) is 7.64. The number of phenols is 1. The highest BCUT2D eigenvalue weighted by Crippen LogP contribution is 2.26. The van der Waals surface area contributed by atoms with Crippen molar-refractivity contribution in [2.45, 2.75) is 0 Å². The number of hydrogen-bond acceptors (Lipinski definition) is 4. The van der Waals surface area contributed by atoms with Crippen molar-refractivity contribution in [3.8, 4) is 5.75 Å². The Hall–Kier alpha value is -2.30. The van der Waals surface area contributed by atoms with Crippen LogP contribution in [0.4, 0.5) is 5.69 Å². The summed E-state index contributed by atoms with van der Waals surface area (Å²) in [7, 11) is 0. The highest BCUT2D eigenvalue weighted by Gasteiger charge is 2.11. The van der Waals surface area contributed by atoms with Crippen molar-refractivity contribution in [1.29, 1.82) is 0 Å². The number of carboxylic acid groups (broad SMARTS) is 1. The quantitative estimate of drug-likeness (QED) is 0.649. The van der Waals surface area contributed by atoms with Gasteiger partial charge in [-0.3, -0.25) is 4.98 Å². The number of nitrogens with two attached hydrogens (primary N) is 1. The van der Waals surface area contributed by atoms with Gasteiger partial charge in [0.15, 0.2) is 0 Å². The van der Waals surface area contributed by atoms with Gasteiger partial charge in [-0.2, -0.15) is 0 Å². The largest absolute Gasteiger partial charge is 0.508 e. The van der Waals surface area contributed by atoms with Crippen molar-refractivity contribution in [2.75, 3.05) is 5.73 Å². The minimum atomic E-state index is -1.13. The SMILES string of the molecule is Nc1c(C(=O)O)cnc2ccc(O)cc12. The third-order valence-corrected chi connectivity index (χ3v) is 2.12. The van der Waals surface area contributed by atoms with Gasteiger partial charge in [-0.15, -0.1) is 0 Å². The molecular formula is C10H8N2O3. The van der Waals surface area contributed by atoms with E-state index in [0.717, 1.165) is 0 Å².